The zero-order chi connectivity index (χ0) is 15.9. The summed E-state index contributed by atoms with van der Waals surface area (Å²) in [6.07, 6.45) is 3.75. The Morgan fingerprint density at radius 2 is 1.91 bits per heavy atom. The third-order valence-corrected chi connectivity index (χ3v) is 3.58. The van der Waals surface area contributed by atoms with Crippen LogP contribution in [0.3, 0.4) is 0 Å². The van der Waals surface area contributed by atoms with E-state index in [9.17, 15) is 9.59 Å². The standard InChI is InChI=1S/C16H23N3O3/c1-12(2)11-14(16(21)19-7-9-22-10-8-19)18-15(20)13-3-5-17-6-4-13/h3-6,12,14H,7-11H2,1-2H3,(H,18,20)/t14-/m0/s1. The number of pyridine rings is 1. The highest BCUT2D eigenvalue weighted by atomic mass is 16.5. The van der Waals surface area contributed by atoms with Crippen molar-refractivity contribution >= 4 is 11.8 Å². The molecular weight excluding hydrogens is 282 g/mol. The van der Waals surface area contributed by atoms with E-state index in [4.69, 9.17) is 4.74 Å². The second-order valence-electron chi connectivity index (χ2n) is 5.83. The van der Waals surface area contributed by atoms with E-state index in [1.807, 2.05) is 13.8 Å². The van der Waals surface area contributed by atoms with Gasteiger partial charge in [-0.25, -0.2) is 0 Å². The average Bonchev–Trinajstić information content (AvgIpc) is 2.54. The third-order valence-electron chi connectivity index (χ3n) is 3.58. The summed E-state index contributed by atoms with van der Waals surface area (Å²) in [4.78, 5) is 30.6. The Morgan fingerprint density at radius 1 is 1.27 bits per heavy atom. The summed E-state index contributed by atoms with van der Waals surface area (Å²) in [5, 5.41) is 2.86. The first-order valence-electron chi connectivity index (χ1n) is 7.65. The molecule has 0 bridgehead atoms. The molecule has 2 rings (SSSR count). The topological polar surface area (TPSA) is 71.5 Å². The van der Waals surface area contributed by atoms with E-state index in [0.29, 0.717) is 44.2 Å². The molecule has 0 radical (unpaired) electrons. The van der Waals surface area contributed by atoms with E-state index in [2.05, 4.69) is 10.3 Å². The number of amides is 2. The number of carbonyl (C=O) groups is 2. The fourth-order valence-corrected chi connectivity index (χ4v) is 2.44. The monoisotopic (exact) mass is 305 g/mol. The molecule has 1 N–H and O–H groups in total. The highest BCUT2D eigenvalue weighted by molar-refractivity contribution is 5.97. The lowest BCUT2D eigenvalue weighted by atomic mass is 10.0. The van der Waals surface area contributed by atoms with Crippen molar-refractivity contribution in [2.24, 2.45) is 5.92 Å². The molecule has 1 aliphatic heterocycles. The van der Waals surface area contributed by atoms with Gasteiger partial charge in [0.25, 0.3) is 5.91 Å². The van der Waals surface area contributed by atoms with Crippen LogP contribution >= 0.6 is 0 Å². The smallest absolute Gasteiger partial charge is 0.252 e. The Balaban J connectivity index is 2.05. The number of nitrogens with zero attached hydrogens (tertiary/aromatic N) is 2. The van der Waals surface area contributed by atoms with E-state index < -0.39 is 6.04 Å². The number of aromatic nitrogens is 1. The first kappa shape index (κ1) is 16.4. The second kappa shape index (κ2) is 7.89. The molecule has 22 heavy (non-hydrogen) atoms. The van der Waals surface area contributed by atoms with E-state index in [0.717, 1.165) is 0 Å². The van der Waals surface area contributed by atoms with Crippen molar-refractivity contribution in [2.45, 2.75) is 26.3 Å². The molecule has 6 heteroatoms. The Kier molecular flexibility index (Phi) is 5.89. The van der Waals surface area contributed by atoms with Gasteiger partial charge in [0, 0.05) is 31.0 Å². The molecule has 1 saturated heterocycles. The first-order valence-corrected chi connectivity index (χ1v) is 7.65. The minimum absolute atomic E-state index is 0.0283. The third kappa shape index (κ3) is 4.53. The molecule has 1 aromatic heterocycles. The molecule has 1 atom stereocenters. The lowest BCUT2D eigenvalue weighted by Gasteiger charge is -2.31. The SMILES string of the molecule is CC(C)C[C@H](NC(=O)c1ccncc1)C(=O)N1CCOCC1. The number of rotatable bonds is 5. The molecule has 2 amide bonds. The van der Waals surface area contributed by atoms with Crippen molar-refractivity contribution in [1.82, 2.24) is 15.2 Å². The molecular formula is C16H23N3O3. The van der Waals surface area contributed by atoms with Gasteiger partial charge in [-0.05, 0) is 24.5 Å². The Morgan fingerprint density at radius 3 is 2.50 bits per heavy atom. The molecule has 1 fully saturated rings. The lowest BCUT2D eigenvalue weighted by Crippen LogP contribution is -2.52. The van der Waals surface area contributed by atoms with Crippen molar-refractivity contribution in [3.8, 4) is 0 Å². The number of hydrogen-bond acceptors (Lipinski definition) is 4. The molecule has 1 aromatic rings. The van der Waals surface area contributed by atoms with Crippen molar-refractivity contribution in [3.63, 3.8) is 0 Å². The fraction of sp³-hybridized carbons (Fsp3) is 0.562. The van der Waals surface area contributed by atoms with Crippen molar-refractivity contribution < 1.29 is 14.3 Å². The molecule has 120 valence electrons. The van der Waals surface area contributed by atoms with Crippen LogP contribution in [0.1, 0.15) is 30.6 Å². The molecule has 0 aromatic carbocycles. The Labute approximate surface area is 130 Å². The van der Waals surface area contributed by atoms with E-state index in [1.165, 1.54) is 0 Å². The van der Waals surface area contributed by atoms with Gasteiger partial charge in [0.15, 0.2) is 0 Å². The number of nitrogens with one attached hydrogen (secondary N) is 1. The van der Waals surface area contributed by atoms with Gasteiger partial charge < -0.3 is 15.0 Å². The molecule has 0 saturated carbocycles. The zero-order valence-corrected chi connectivity index (χ0v) is 13.1. The summed E-state index contributed by atoms with van der Waals surface area (Å²) in [6.45, 7) is 6.35. The molecule has 0 spiro atoms. The van der Waals surface area contributed by atoms with Crippen molar-refractivity contribution in [3.05, 3.63) is 30.1 Å². The van der Waals surface area contributed by atoms with Gasteiger partial charge in [-0.1, -0.05) is 13.8 Å². The van der Waals surface area contributed by atoms with Gasteiger partial charge in [-0.3, -0.25) is 14.6 Å². The van der Waals surface area contributed by atoms with E-state index in [1.54, 1.807) is 29.4 Å². The molecule has 1 aliphatic rings. The minimum Gasteiger partial charge on any atom is -0.378 e. The van der Waals surface area contributed by atoms with E-state index in [-0.39, 0.29) is 11.8 Å². The molecule has 2 heterocycles. The van der Waals surface area contributed by atoms with Gasteiger partial charge >= 0.3 is 0 Å². The lowest BCUT2D eigenvalue weighted by molar-refractivity contribution is -0.137. The largest absolute Gasteiger partial charge is 0.378 e. The van der Waals surface area contributed by atoms with Crippen LogP contribution < -0.4 is 5.32 Å². The fourth-order valence-electron chi connectivity index (χ4n) is 2.44. The quantitative estimate of drug-likeness (QED) is 0.884. The predicted molar refractivity (Wildman–Crippen MR) is 82.3 cm³/mol. The predicted octanol–water partition coefficient (Wildman–Crippen LogP) is 1.08. The maximum Gasteiger partial charge on any atom is 0.252 e. The molecule has 0 unspecified atom stereocenters. The van der Waals surface area contributed by atoms with Crippen molar-refractivity contribution in [2.75, 3.05) is 26.3 Å². The van der Waals surface area contributed by atoms with Crippen molar-refractivity contribution in [1.29, 1.82) is 0 Å². The maximum atomic E-state index is 12.6. The summed E-state index contributed by atoms with van der Waals surface area (Å²) in [7, 11) is 0. The summed E-state index contributed by atoms with van der Waals surface area (Å²) < 4.78 is 5.27. The minimum atomic E-state index is -0.501. The molecule has 6 nitrogen and oxygen atoms in total. The van der Waals surface area contributed by atoms with Crippen LogP contribution in [-0.2, 0) is 9.53 Å². The Hall–Kier alpha value is -1.95. The van der Waals surface area contributed by atoms with Crippen LogP contribution in [0.2, 0.25) is 0 Å². The van der Waals surface area contributed by atoms with Crippen LogP contribution in [0.4, 0.5) is 0 Å². The van der Waals surface area contributed by atoms with Gasteiger partial charge in [0.1, 0.15) is 6.04 Å². The molecule has 0 aliphatic carbocycles. The summed E-state index contributed by atoms with van der Waals surface area (Å²) in [5.74, 6) is 0.0433. The van der Waals surface area contributed by atoms with Gasteiger partial charge in [0.2, 0.25) is 5.91 Å². The van der Waals surface area contributed by atoms with Gasteiger partial charge in [0.05, 0.1) is 13.2 Å². The van der Waals surface area contributed by atoms with E-state index >= 15 is 0 Å². The summed E-state index contributed by atoms with van der Waals surface area (Å²) in [6, 6.07) is 2.78. The first-order chi connectivity index (χ1) is 10.6. The van der Waals surface area contributed by atoms with Crippen LogP contribution in [0.15, 0.2) is 24.5 Å². The zero-order valence-electron chi connectivity index (χ0n) is 13.1. The maximum absolute atomic E-state index is 12.6. The second-order valence-corrected chi connectivity index (χ2v) is 5.83. The number of ether oxygens (including phenoxy) is 1. The normalized spacial score (nSPS) is 16.4. The Bertz CT molecular complexity index is 499. The van der Waals surface area contributed by atoms with Crippen LogP contribution in [0, 0.1) is 5.92 Å². The van der Waals surface area contributed by atoms with Crippen LogP contribution in [-0.4, -0.2) is 54.0 Å². The van der Waals surface area contributed by atoms with Crippen LogP contribution in [0.5, 0.6) is 0 Å². The highest BCUT2D eigenvalue weighted by Crippen LogP contribution is 2.11. The number of morpholine rings is 1. The summed E-state index contributed by atoms with van der Waals surface area (Å²) in [5.41, 5.74) is 0.513. The van der Waals surface area contributed by atoms with Crippen LogP contribution in [0.25, 0.3) is 0 Å². The summed E-state index contributed by atoms with van der Waals surface area (Å²) >= 11 is 0. The van der Waals surface area contributed by atoms with Gasteiger partial charge in [-0.15, -0.1) is 0 Å². The van der Waals surface area contributed by atoms with Gasteiger partial charge in [-0.2, -0.15) is 0 Å². The highest BCUT2D eigenvalue weighted by Gasteiger charge is 2.28. The average molecular weight is 305 g/mol. The number of carbonyl (C=O) groups excluding carboxylic acids is 2. The number of hydrogen-bond donors (Lipinski definition) is 1.